The molecule has 0 spiro atoms. The number of aliphatic hydroxyl groups excluding tert-OH is 1. The molecule has 0 aliphatic carbocycles. The number of nitrogens with one attached hydrogen (secondary N) is 1. The number of aromatic amines is 1. The van der Waals surface area contributed by atoms with Crippen LogP contribution in [0.5, 0.6) is 0 Å². The summed E-state index contributed by atoms with van der Waals surface area (Å²) in [5, 5.41) is 9.25. The normalized spacial score (nSPS) is 23.5. The number of nitrogens with zero attached hydrogens (tertiary/aromatic N) is 2. The molecule has 1 aromatic heterocycles. The lowest BCUT2D eigenvalue weighted by Crippen LogP contribution is -2.48. The molecule has 0 radical (unpaired) electrons. The van der Waals surface area contributed by atoms with Crippen LogP contribution in [0.4, 0.5) is 0 Å². The summed E-state index contributed by atoms with van der Waals surface area (Å²) in [7, 11) is 0. The molecule has 0 bridgehead atoms. The van der Waals surface area contributed by atoms with E-state index in [0.29, 0.717) is 18.8 Å². The standard InChI is InChI=1S/C15H19N3O3/c1-10-6-18(7-11(9-19)21-10)8-14-15(20)17-13-5-3-2-4-12(13)16-14/h2-5,10-11,19H,6-9H2,1H3,(H,17,20). The fraction of sp³-hybridized carbons (Fsp3) is 0.467. The van der Waals surface area contributed by atoms with Gasteiger partial charge < -0.3 is 14.8 Å². The van der Waals surface area contributed by atoms with Crippen LogP contribution in [0.3, 0.4) is 0 Å². The predicted octanol–water partition coefficient (Wildman–Crippen LogP) is 0.505. The van der Waals surface area contributed by atoms with Crippen molar-refractivity contribution in [1.29, 1.82) is 0 Å². The molecule has 2 unspecified atom stereocenters. The van der Waals surface area contributed by atoms with E-state index in [1.807, 2.05) is 31.2 Å². The lowest BCUT2D eigenvalue weighted by Gasteiger charge is -2.35. The van der Waals surface area contributed by atoms with Gasteiger partial charge in [-0.2, -0.15) is 0 Å². The van der Waals surface area contributed by atoms with Crippen molar-refractivity contribution in [1.82, 2.24) is 14.9 Å². The van der Waals surface area contributed by atoms with Gasteiger partial charge in [0.25, 0.3) is 5.56 Å². The molecule has 0 amide bonds. The number of benzene rings is 1. The number of rotatable bonds is 3. The second kappa shape index (κ2) is 5.93. The third-order valence-electron chi connectivity index (χ3n) is 3.65. The first-order valence-corrected chi connectivity index (χ1v) is 7.12. The summed E-state index contributed by atoms with van der Waals surface area (Å²) < 4.78 is 5.61. The van der Waals surface area contributed by atoms with Crippen molar-refractivity contribution in [3.05, 3.63) is 40.3 Å². The second-order valence-corrected chi connectivity index (χ2v) is 5.48. The molecule has 112 valence electrons. The molecule has 1 aliphatic rings. The topological polar surface area (TPSA) is 78.5 Å². The molecule has 21 heavy (non-hydrogen) atoms. The van der Waals surface area contributed by atoms with Gasteiger partial charge in [-0.25, -0.2) is 4.98 Å². The van der Waals surface area contributed by atoms with E-state index in [-0.39, 0.29) is 24.4 Å². The van der Waals surface area contributed by atoms with Gasteiger partial charge in [-0.1, -0.05) is 12.1 Å². The average Bonchev–Trinajstić information content (AvgIpc) is 2.47. The SMILES string of the molecule is CC1CN(Cc2nc3ccccc3[nH]c2=O)CC(CO)O1. The summed E-state index contributed by atoms with van der Waals surface area (Å²) in [4.78, 5) is 21.5. The lowest BCUT2D eigenvalue weighted by molar-refractivity contribution is -0.0975. The van der Waals surface area contributed by atoms with Gasteiger partial charge in [0, 0.05) is 19.6 Å². The van der Waals surface area contributed by atoms with Crippen LogP contribution >= 0.6 is 0 Å². The number of H-pyrrole nitrogens is 1. The Morgan fingerprint density at radius 1 is 1.43 bits per heavy atom. The molecule has 0 saturated carbocycles. The highest BCUT2D eigenvalue weighted by Gasteiger charge is 2.25. The molecule has 6 nitrogen and oxygen atoms in total. The van der Waals surface area contributed by atoms with Crippen molar-refractivity contribution >= 4 is 11.0 Å². The van der Waals surface area contributed by atoms with Crippen molar-refractivity contribution in [3.8, 4) is 0 Å². The minimum absolute atomic E-state index is 0.0116. The maximum Gasteiger partial charge on any atom is 0.271 e. The van der Waals surface area contributed by atoms with Gasteiger partial charge in [-0.3, -0.25) is 9.69 Å². The van der Waals surface area contributed by atoms with Crippen LogP contribution < -0.4 is 5.56 Å². The van der Waals surface area contributed by atoms with E-state index in [9.17, 15) is 9.90 Å². The third kappa shape index (κ3) is 3.12. The van der Waals surface area contributed by atoms with E-state index in [4.69, 9.17) is 4.74 Å². The third-order valence-corrected chi connectivity index (χ3v) is 3.65. The number of aromatic nitrogens is 2. The Morgan fingerprint density at radius 3 is 3.05 bits per heavy atom. The summed E-state index contributed by atoms with van der Waals surface area (Å²) in [6.07, 6.45) is -0.163. The molecule has 3 rings (SSSR count). The van der Waals surface area contributed by atoms with Crippen LogP contribution in [0.2, 0.25) is 0 Å². The van der Waals surface area contributed by atoms with Crippen LogP contribution in [0.15, 0.2) is 29.1 Å². The highest BCUT2D eigenvalue weighted by molar-refractivity contribution is 5.73. The number of para-hydroxylation sites is 2. The maximum atomic E-state index is 12.1. The number of hydrogen-bond acceptors (Lipinski definition) is 5. The van der Waals surface area contributed by atoms with E-state index in [1.54, 1.807) is 0 Å². The molecular formula is C15H19N3O3. The number of morpholine rings is 1. The molecule has 1 aliphatic heterocycles. The van der Waals surface area contributed by atoms with Gasteiger partial charge in [0.2, 0.25) is 0 Å². The first-order chi connectivity index (χ1) is 10.2. The predicted molar refractivity (Wildman–Crippen MR) is 79.1 cm³/mol. The van der Waals surface area contributed by atoms with Crippen molar-refractivity contribution in [2.75, 3.05) is 19.7 Å². The molecule has 1 aromatic carbocycles. The smallest absolute Gasteiger partial charge is 0.271 e. The van der Waals surface area contributed by atoms with Crippen LogP contribution in [0.1, 0.15) is 12.6 Å². The Morgan fingerprint density at radius 2 is 2.24 bits per heavy atom. The number of fused-ring (bicyclic) bond motifs is 1. The molecule has 1 saturated heterocycles. The largest absolute Gasteiger partial charge is 0.394 e. The van der Waals surface area contributed by atoms with Gasteiger partial charge in [-0.15, -0.1) is 0 Å². The summed E-state index contributed by atoms with van der Waals surface area (Å²) in [6.45, 7) is 3.75. The molecule has 2 N–H and O–H groups in total. The fourth-order valence-electron chi connectivity index (χ4n) is 2.76. The summed E-state index contributed by atoms with van der Waals surface area (Å²) >= 11 is 0. The van der Waals surface area contributed by atoms with Gasteiger partial charge in [-0.05, 0) is 19.1 Å². The van der Waals surface area contributed by atoms with Crippen LogP contribution in [-0.4, -0.2) is 51.9 Å². The van der Waals surface area contributed by atoms with Crippen LogP contribution in [-0.2, 0) is 11.3 Å². The van der Waals surface area contributed by atoms with Crippen LogP contribution in [0.25, 0.3) is 11.0 Å². The Bertz CT molecular complexity index is 685. The zero-order valence-electron chi connectivity index (χ0n) is 12.0. The monoisotopic (exact) mass is 289 g/mol. The first kappa shape index (κ1) is 14.2. The fourth-order valence-corrected chi connectivity index (χ4v) is 2.76. The number of ether oxygens (including phenoxy) is 1. The lowest BCUT2D eigenvalue weighted by atomic mass is 10.2. The summed E-state index contributed by atoms with van der Waals surface area (Å²) in [5.41, 5.74) is 1.87. The van der Waals surface area contributed by atoms with E-state index in [2.05, 4.69) is 14.9 Å². The van der Waals surface area contributed by atoms with Crippen molar-refractivity contribution in [3.63, 3.8) is 0 Å². The minimum Gasteiger partial charge on any atom is -0.394 e. The Hall–Kier alpha value is -1.76. The number of hydrogen-bond donors (Lipinski definition) is 2. The van der Waals surface area contributed by atoms with Gasteiger partial charge >= 0.3 is 0 Å². The van der Waals surface area contributed by atoms with E-state index in [0.717, 1.165) is 17.6 Å². The minimum atomic E-state index is -0.201. The molecule has 2 atom stereocenters. The Kier molecular flexibility index (Phi) is 4.01. The molecule has 1 fully saturated rings. The van der Waals surface area contributed by atoms with Crippen molar-refractivity contribution < 1.29 is 9.84 Å². The molecule has 2 aromatic rings. The maximum absolute atomic E-state index is 12.1. The van der Waals surface area contributed by atoms with E-state index < -0.39 is 0 Å². The average molecular weight is 289 g/mol. The zero-order chi connectivity index (χ0) is 14.8. The van der Waals surface area contributed by atoms with Gasteiger partial charge in [0.15, 0.2) is 0 Å². The highest BCUT2D eigenvalue weighted by Crippen LogP contribution is 2.13. The van der Waals surface area contributed by atoms with Crippen molar-refractivity contribution in [2.45, 2.75) is 25.7 Å². The van der Waals surface area contributed by atoms with E-state index in [1.165, 1.54) is 0 Å². The summed E-state index contributed by atoms with van der Waals surface area (Å²) in [6, 6.07) is 7.49. The van der Waals surface area contributed by atoms with E-state index >= 15 is 0 Å². The number of aliphatic hydroxyl groups is 1. The Balaban J connectivity index is 1.84. The highest BCUT2D eigenvalue weighted by atomic mass is 16.5. The first-order valence-electron chi connectivity index (χ1n) is 7.12. The molecule has 2 heterocycles. The van der Waals surface area contributed by atoms with Gasteiger partial charge in [0.05, 0.1) is 29.8 Å². The summed E-state index contributed by atoms with van der Waals surface area (Å²) in [5.74, 6) is 0. The van der Waals surface area contributed by atoms with Crippen LogP contribution in [0, 0.1) is 0 Å². The molecular weight excluding hydrogens is 270 g/mol. The zero-order valence-corrected chi connectivity index (χ0v) is 12.0. The van der Waals surface area contributed by atoms with Gasteiger partial charge in [0.1, 0.15) is 5.69 Å². The molecule has 6 heteroatoms. The quantitative estimate of drug-likeness (QED) is 0.860. The van der Waals surface area contributed by atoms with Crippen molar-refractivity contribution in [2.24, 2.45) is 0 Å². The Labute approximate surface area is 122 Å². The second-order valence-electron chi connectivity index (χ2n) is 5.48.